The van der Waals surface area contributed by atoms with Crippen molar-refractivity contribution in [1.29, 1.82) is 0 Å². The van der Waals surface area contributed by atoms with Crippen molar-refractivity contribution < 1.29 is 9.59 Å². The van der Waals surface area contributed by atoms with E-state index in [1.54, 1.807) is 11.8 Å². The van der Waals surface area contributed by atoms with Gasteiger partial charge < -0.3 is 9.80 Å². The highest BCUT2D eigenvalue weighted by atomic mass is 35.5. The minimum Gasteiger partial charge on any atom is -0.315 e. The summed E-state index contributed by atoms with van der Waals surface area (Å²) < 4.78 is 0. The van der Waals surface area contributed by atoms with Gasteiger partial charge in [0.05, 0.1) is 12.2 Å². The molecule has 1 aliphatic carbocycles. The standard InChI is InChI=1S/C22H21ClN2O2S/c1-14-6-9-19-17(12-14)22(25(10-11-28-22)20(26)15-7-8-15)21(27)24(19)13-16-4-2-3-5-18(16)23/h2-6,9,12,15H,7-8,10-11,13H2,1H3. The Morgan fingerprint density at radius 2 is 2.04 bits per heavy atom. The summed E-state index contributed by atoms with van der Waals surface area (Å²) in [6, 6.07) is 13.7. The van der Waals surface area contributed by atoms with Crippen molar-refractivity contribution >= 4 is 40.9 Å². The summed E-state index contributed by atoms with van der Waals surface area (Å²) in [7, 11) is 0. The SMILES string of the molecule is Cc1ccc2c(c1)C1(SCCN1C(=O)C1CC1)C(=O)N2Cc1ccccc1Cl. The molecule has 2 heterocycles. The first-order valence-electron chi connectivity index (χ1n) is 9.64. The zero-order valence-corrected chi connectivity index (χ0v) is 17.2. The van der Waals surface area contributed by atoms with Gasteiger partial charge in [-0.25, -0.2) is 0 Å². The summed E-state index contributed by atoms with van der Waals surface area (Å²) in [6.45, 7) is 3.06. The van der Waals surface area contributed by atoms with Crippen LogP contribution in [0, 0.1) is 12.8 Å². The molecule has 28 heavy (non-hydrogen) atoms. The molecule has 0 aromatic heterocycles. The van der Waals surface area contributed by atoms with Gasteiger partial charge in [0, 0.05) is 28.8 Å². The van der Waals surface area contributed by atoms with Crippen LogP contribution in [0.25, 0.3) is 0 Å². The molecule has 1 unspecified atom stereocenters. The number of hydrogen-bond donors (Lipinski definition) is 0. The number of thioether (sulfide) groups is 1. The molecule has 6 heteroatoms. The number of benzene rings is 2. The second-order valence-corrected chi connectivity index (χ2v) is 9.45. The maximum Gasteiger partial charge on any atom is 0.268 e. The fourth-order valence-corrected chi connectivity index (χ4v) is 5.91. The van der Waals surface area contributed by atoms with Crippen LogP contribution in [0.1, 0.15) is 29.5 Å². The van der Waals surface area contributed by atoms with Crippen molar-refractivity contribution in [3.63, 3.8) is 0 Å². The predicted molar refractivity (Wildman–Crippen MR) is 112 cm³/mol. The van der Waals surface area contributed by atoms with Gasteiger partial charge in [0.25, 0.3) is 5.91 Å². The molecule has 3 aliphatic rings. The van der Waals surface area contributed by atoms with E-state index in [4.69, 9.17) is 11.6 Å². The number of halogens is 1. The van der Waals surface area contributed by atoms with Gasteiger partial charge in [-0.15, -0.1) is 11.8 Å². The lowest BCUT2D eigenvalue weighted by molar-refractivity contribution is -0.141. The highest BCUT2D eigenvalue weighted by molar-refractivity contribution is 8.01. The molecule has 1 saturated heterocycles. The third-order valence-electron chi connectivity index (χ3n) is 5.83. The fraction of sp³-hybridized carbons (Fsp3) is 0.364. The van der Waals surface area contributed by atoms with Crippen molar-refractivity contribution in [3.8, 4) is 0 Å². The van der Waals surface area contributed by atoms with Gasteiger partial charge in [-0.05, 0) is 37.5 Å². The van der Waals surface area contributed by atoms with Crippen LogP contribution >= 0.6 is 23.4 Å². The average molecular weight is 413 g/mol. The van der Waals surface area contributed by atoms with Gasteiger partial charge in [0.15, 0.2) is 4.87 Å². The summed E-state index contributed by atoms with van der Waals surface area (Å²) in [6.07, 6.45) is 1.88. The lowest BCUT2D eigenvalue weighted by Gasteiger charge is -2.33. The van der Waals surface area contributed by atoms with E-state index in [0.29, 0.717) is 18.1 Å². The van der Waals surface area contributed by atoms with Crippen LogP contribution in [-0.2, 0) is 21.0 Å². The number of amides is 2. The first-order chi connectivity index (χ1) is 13.5. The zero-order valence-electron chi connectivity index (χ0n) is 15.7. The summed E-state index contributed by atoms with van der Waals surface area (Å²) in [5, 5.41) is 0.648. The second kappa shape index (κ2) is 6.53. The largest absolute Gasteiger partial charge is 0.315 e. The summed E-state index contributed by atoms with van der Waals surface area (Å²) in [4.78, 5) is 29.6. The molecule has 0 radical (unpaired) electrons. The lowest BCUT2D eigenvalue weighted by Crippen LogP contribution is -2.50. The summed E-state index contributed by atoms with van der Waals surface area (Å²) in [5.74, 6) is 0.974. The Bertz CT molecular complexity index is 990. The summed E-state index contributed by atoms with van der Waals surface area (Å²) in [5.41, 5.74) is 3.83. The number of anilines is 1. The Kier molecular flexibility index (Phi) is 4.21. The number of nitrogens with zero attached hydrogens (tertiary/aromatic N) is 2. The van der Waals surface area contributed by atoms with Gasteiger partial charge >= 0.3 is 0 Å². The molecule has 2 aromatic rings. The van der Waals surface area contributed by atoms with Crippen molar-refractivity contribution in [2.75, 3.05) is 17.2 Å². The predicted octanol–water partition coefficient (Wildman–Crippen LogP) is 4.33. The Balaban J connectivity index is 1.61. The van der Waals surface area contributed by atoms with Gasteiger partial charge in [-0.2, -0.15) is 0 Å². The molecular formula is C22H21ClN2O2S. The third kappa shape index (κ3) is 2.60. The number of rotatable bonds is 3. The van der Waals surface area contributed by atoms with Crippen LogP contribution in [0.5, 0.6) is 0 Å². The molecule has 1 atom stereocenters. The summed E-state index contributed by atoms with van der Waals surface area (Å²) >= 11 is 7.97. The quantitative estimate of drug-likeness (QED) is 0.753. The van der Waals surface area contributed by atoms with Crippen molar-refractivity contribution in [2.45, 2.75) is 31.2 Å². The van der Waals surface area contributed by atoms with E-state index < -0.39 is 4.87 Å². The van der Waals surface area contributed by atoms with Crippen molar-refractivity contribution in [3.05, 3.63) is 64.2 Å². The van der Waals surface area contributed by atoms with E-state index in [9.17, 15) is 9.59 Å². The Morgan fingerprint density at radius 3 is 2.79 bits per heavy atom. The Hall–Kier alpha value is -1.98. The molecule has 2 aromatic carbocycles. The van der Waals surface area contributed by atoms with E-state index in [1.165, 1.54) is 0 Å². The Labute approximate surface area is 173 Å². The number of fused-ring (bicyclic) bond motifs is 2. The molecule has 1 saturated carbocycles. The van der Waals surface area contributed by atoms with Crippen LogP contribution in [0.4, 0.5) is 5.69 Å². The first-order valence-corrected chi connectivity index (χ1v) is 11.0. The molecule has 0 N–H and O–H groups in total. The topological polar surface area (TPSA) is 40.6 Å². The number of carbonyl (C=O) groups excluding carboxylic acids is 2. The van der Waals surface area contributed by atoms with E-state index >= 15 is 0 Å². The molecule has 4 nitrogen and oxygen atoms in total. The van der Waals surface area contributed by atoms with Crippen molar-refractivity contribution in [2.24, 2.45) is 5.92 Å². The molecular weight excluding hydrogens is 392 g/mol. The minimum atomic E-state index is -0.928. The Morgan fingerprint density at radius 1 is 1.25 bits per heavy atom. The highest BCUT2D eigenvalue weighted by Gasteiger charge is 2.60. The second-order valence-electron chi connectivity index (χ2n) is 7.76. The fourth-order valence-electron chi connectivity index (χ4n) is 4.25. The normalized spacial score (nSPS) is 23.6. The molecule has 2 aliphatic heterocycles. The van der Waals surface area contributed by atoms with Crippen LogP contribution in [0.3, 0.4) is 0 Å². The van der Waals surface area contributed by atoms with E-state index in [0.717, 1.165) is 41.0 Å². The molecule has 2 fully saturated rings. The van der Waals surface area contributed by atoms with Crippen LogP contribution in [-0.4, -0.2) is 29.0 Å². The monoisotopic (exact) mass is 412 g/mol. The van der Waals surface area contributed by atoms with Gasteiger partial charge in [0.1, 0.15) is 0 Å². The smallest absolute Gasteiger partial charge is 0.268 e. The van der Waals surface area contributed by atoms with Crippen LogP contribution < -0.4 is 4.90 Å². The first kappa shape index (κ1) is 18.1. The number of hydrogen-bond acceptors (Lipinski definition) is 3. The van der Waals surface area contributed by atoms with Crippen LogP contribution in [0.15, 0.2) is 42.5 Å². The van der Waals surface area contributed by atoms with Gasteiger partial charge in [0.2, 0.25) is 5.91 Å². The molecule has 144 valence electrons. The van der Waals surface area contributed by atoms with E-state index in [-0.39, 0.29) is 17.7 Å². The average Bonchev–Trinajstić information content (AvgIpc) is 3.40. The lowest BCUT2D eigenvalue weighted by atomic mass is 10.0. The van der Waals surface area contributed by atoms with Gasteiger partial charge in [-0.1, -0.05) is 47.5 Å². The number of carbonyl (C=O) groups is 2. The highest BCUT2D eigenvalue weighted by Crippen LogP contribution is 2.55. The van der Waals surface area contributed by atoms with E-state index in [2.05, 4.69) is 6.07 Å². The number of aryl methyl sites for hydroxylation is 1. The van der Waals surface area contributed by atoms with Crippen molar-refractivity contribution in [1.82, 2.24) is 4.90 Å². The molecule has 1 spiro atoms. The van der Waals surface area contributed by atoms with Gasteiger partial charge in [-0.3, -0.25) is 9.59 Å². The molecule has 5 rings (SSSR count). The minimum absolute atomic E-state index is 0.0236. The maximum absolute atomic E-state index is 13.8. The molecule has 2 amide bonds. The van der Waals surface area contributed by atoms with E-state index in [1.807, 2.05) is 53.1 Å². The third-order valence-corrected chi connectivity index (χ3v) is 7.62. The zero-order chi connectivity index (χ0) is 19.5. The molecule has 0 bridgehead atoms. The maximum atomic E-state index is 13.8. The van der Waals surface area contributed by atoms with Crippen LogP contribution in [0.2, 0.25) is 5.02 Å².